The van der Waals surface area contributed by atoms with Crippen LogP contribution in [0, 0.1) is 0 Å². The van der Waals surface area contributed by atoms with Gasteiger partial charge in [0.05, 0.1) is 12.7 Å². The quantitative estimate of drug-likeness (QED) is 0.745. The normalized spacial score (nSPS) is 17.8. The van der Waals surface area contributed by atoms with Gasteiger partial charge in [0.2, 0.25) is 0 Å². The second kappa shape index (κ2) is 7.25. The number of hydrogen-bond donors (Lipinski definition) is 0. The average Bonchev–Trinajstić information content (AvgIpc) is 2.96. The zero-order valence-electron chi connectivity index (χ0n) is 16.7. The lowest BCUT2D eigenvalue weighted by Crippen LogP contribution is -2.42. The fourth-order valence-electron chi connectivity index (χ4n) is 3.71. The number of ether oxygens (including phenoxy) is 2. The Balaban J connectivity index is 1.86. The van der Waals surface area contributed by atoms with Gasteiger partial charge in [-0.25, -0.2) is 9.59 Å². The van der Waals surface area contributed by atoms with Crippen molar-refractivity contribution >= 4 is 23.0 Å². The number of rotatable bonds is 2. The summed E-state index contributed by atoms with van der Waals surface area (Å²) < 4.78 is 12.4. The van der Waals surface area contributed by atoms with Crippen LogP contribution in [0.3, 0.4) is 0 Å². The third-order valence-corrected chi connectivity index (χ3v) is 4.96. The Hall–Kier alpha value is -2.50. The van der Waals surface area contributed by atoms with Gasteiger partial charge in [-0.15, -0.1) is 0 Å². The van der Waals surface area contributed by atoms with Crippen molar-refractivity contribution < 1.29 is 19.1 Å². The molecule has 1 aromatic carbocycles. The lowest BCUT2D eigenvalue weighted by Gasteiger charge is -2.34. The third kappa shape index (κ3) is 4.10. The van der Waals surface area contributed by atoms with Crippen molar-refractivity contribution in [2.75, 3.05) is 20.2 Å². The monoisotopic (exact) mass is 372 g/mol. The zero-order valence-corrected chi connectivity index (χ0v) is 16.7. The van der Waals surface area contributed by atoms with Crippen LogP contribution in [0.4, 0.5) is 4.79 Å². The van der Waals surface area contributed by atoms with Crippen molar-refractivity contribution in [3.63, 3.8) is 0 Å². The molecule has 1 fully saturated rings. The molecule has 2 heterocycles. The van der Waals surface area contributed by atoms with E-state index in [4.69, 9.17) is 9.47 Å². The van der Waals surface area contributed by atoms with Crippen molar-refractivity contribution in [1.29, 1.82) is 0 Å². The third-order valence-electron chi connectivity index (χ3n) is 4.96. The molecule has 0 bridgehead atoms. The number of hydrogen-bond acceptors (Lipinski definition) is 4. The molecule has 2 aromatic rings. The summed E-state index contributed by atoms with van der Waals surface area (Å²) in [6.07, 6.45) is 3.83. The molecular weight excluding hydrogens is 344 g/mol. The smallest absolute Gasteiger partial charge is 0.410 e. The summed E-state index contributed by atoms with van der Waals surface area (Å²) in [5.41, 5.74) is 2.24. The summed E-state index contributed by atoms with van der Waals surface area (Å²) in [5.74, 6) is -0.0904. The molecule has 1 aromatic heterocycles. The van der Waals surface area contributed by atoms with E-state index in [0.717, 1.165) is 30.3 Å². The van der Waals surface area contributed by atoms with Crippen LogP contribution in [0.25, 0.3) is 10.9 Å². The molecule has 146 valence electrons. The largest absolute Gasteiger partial charge is 0.465 e. The molecule has 3 rings (SSSR count). The fraction of sp³-hybridized carbons (Fsp3) is 0.524. The highest BCUT2D eigenvalue weighted by atomic mass is 16.6. The maximum Gasteiger partial charge on any atom is 0.410 e. The Bertz CT molecular complexity index is 863. The van der Waals surface area contributed by atoms with Crippen LogP contribution >= 0.6 is 0 Å². The molecule has 0 N–H and O–H groups in total. The molecule has 1 aliphatic heterocycles. The highest BCUT2D eigenvalue weighted by Crippen LogP contribution is 2.34. The van der Waals surface area contributed by atoms with Gasteiger partial charge >= 0.3 is 12.1 Å². The summed E-state index contributed by atoms with van der Waals surface area (Å²) in [6.45, 7) is 7.03. The predicted molar refractivity (Wildman–Crippen MR) is 104 cm³/mol. The molecule has 0 spiro atoms. The van der Waals surface area contributed by atoms with Crippen LogP contribution in [-0.4, -0.2) is 47.3 Å². The van der Waals surface area contributed by atoms with Crippen molar-refractivity contribution in [3.05, 3.63) is 35.5 Å². The van der Waals surface area contributed by atoms with E-state index in [9.17, 15) is 9.59 Å². The fourth-order valence-corrected chi connectivity index (χ4v) is 3.71. The van der Waals surface area contributed by atoms with E-state index < -0.39 is 5.60 Å². The zero-order chi connectivity index (χ0) is 19.8. The molecule has 1 unspecified atom stereocenters. The molecule has 0 aliphatic carbocycles. The molecule has 1 saturated heterocycles. The van der Waals surface area contributed by atoms with Crippen LogP contribution < -0.4 is 0 Å². The van der Waals surface area contributed by atoms with Crippen LogP contribution in [0.1, 0.15) is 55.5 Å². The highest BCUT2D eigenvalue weighted by Gasteiger charge is 2.29. The second-order valence-electron chi connectivity index (χ2n) is 8.18. The first-order valence-electron chi connectivity index (χ1n) is 9.35. The van der Waals surface area contributed by atoms with Crippen LogP contribution in [0.15, 0.2) is 24.4 Å². The summed E-state index contributed by atoms with van der Waals surface area (Å²) in [7, 11) is 3.36. The number of esters is 1. The van der Waals surface area contributed by atoms with Gasteiger partial charge < -0.3 is 18.9 Å². The Labute approximate surface area is 160 Å². The van der Waals surface area contributed by atoms with E-state index in [0.29, 0.717) is 12.1 Å². The van der Waals surface area contributed by atoms with E-state index in [1.54, 1.807) is 11.0 Å². The molecule has 1 amide bonds. The van der Waals surface area contributed by atoms with Crippen LogP contribution in [0.5, 0.6) is 0 Å². The Morgan fingerprint density at radius 2 is 1.96 bits per heavy atom. The van der Waals surface area contributed by atoms with Gasteiger partial charge in [0.15, 0.2) is 0 Å². The van der Waals surface area contributed by atoms with Crippen molar-refractivity contribution in [2.45, 2.75) is 45.1 Å². The summed E-state index contributed by atoms with van der Waals surface area (Å²) in [6, 6.07) is 5.63. The van der Waals surface area contributed by atoms with E-state index >= 15 is 0 Å². The van der Waals surface area contributed by atoms with Gasteiger partial charge in [-0.1, -0.05) is 6.07 Å². The van der Waals surface area contributed by atoms with Gasteiger partial charge in [0.1, 0.15) is 5.60 Å². The molecule has 0 radical (unpaired) electrons. The molecular formula is C21H28N2O4. The van der Waals surface area contributed by atoms with Gasteiger partial charge in [0, 0.05) is 43.2 Å². The van der Waals surface area contributed by atoms with Gasteiger partial charge in [-0.3, -0.25) is 0 Å². The standard InChI is InChI=1S/C21H28N2O4/c1-21(2,3)27-20(25)23-10-6-7-15(12-23)17-13-22(4)18-11-14(19(24)26-5)8-9-16(17)18/h8-9,11,13,15H,6-7,10,12H2,1-5H3. The second-order valence-corrected chi connectivity index (χ2v) is 8.18. The summed E-state index contributed by atoms with van der Waals surface area (Å²) in [4.78, 5) is 26.1. The minimum atomic E-state index is -0.492. The average molecular weight is 372 g/mol. The number of nitrogens with zero attached hydrogens (tertiary/aromatic N) is 2. The SMILES string of the molecule is COC(=O)c1ccc2c(C3CCCN(C(=O)OC(C)(C)C)C3)cn(C)c2c1. The predicted octanol–water partition coefficient (Wildman–Crippen LogP) is 4.08. The number of fused-ring (bicyclic) bond motifs is 1. The van der Waals surface area contributed by atoms with Gasteiger partial charge in [-0.05, 0) is 51.3 Å². The van der Waals surface area contributed by atoms with E-state index in [-0.39, 0.29) is 18.0 Å². The molecule has 27 heavy (non-hydrogen) atoms. The number of carbonyl (C=O) groups excluding carboxylic acids is 2. The number of aryl methyl sites for hydroxylation is 1. The number of benzene rings is 1. The van der Waals surface area contributed by atoms with E-state index in [1.807, 2.05) is 44.5 Å². The highest BCUT2D eigenvalue weighted by molar-refractivity contribution is 5.95. The number of amides is 1. The number of likely N-dealkylation sites (tertiary alicyclic amines) is 1. The molecule has 0 saturated carbocycles. The number of aromatic nitrogens is 1. The first kappa shape index (κ1) is 19.3. The minimum absolute atomic E-state index is 0.249. The lowest BCUT2D eigenvalue weighted by molar-refractivity contribution is 0.0198. The minimum Gasteiger partial charge on any atom is -0.465 e. The number of carbonyl (C=O) groups is 2. The molecule has 6 heteroatoms. The van der Waals surface area contributed by atoms with E-state index in [1.165, 1.54) is 12.7 Å². The van der Waals surface area contributed by atoms with Crippen molar-refractivity contribution in [2.24, 2.45) is 7.05 Å². The topological polar surface area (TPSA) is 60.8 Å². The number of piperidine rings is 1. The molecule has 1 aliphatic rings. The van der Waals surface area contributed by atoms with Gasteiger partial charge in [-0.2, -0.15) is 0 Å². The molecule has 1 atom stereocenters. The lowest BCUT2D eigenvalue weighted by atomic mass is 9.90. The van der Waals surface area contributed by atoms with Crippen molar-refractivity contribution in [1.82, 2.24) is 9.47 Å². The van der Waals surface area contributed by atoms with Crippen LogP contribution in [-0.2, 0) is 16.5 Å². The number of methoxy groups -OCH3 is 1. The summed E-state index contributed by atoms with van der Waals surface area (Å²) >= 11 is 0. The molecule has 6 nitrogen and oxygen atoms in total. The first-order chi connectivity index (χ1) is 12.7. The Morgan fingerprint density at radius 3 is 2.63 bits per heavy atom. The van der Waals surface area contributed by atoms with Crippen molar-refractivity contribution in [3.8, 4) is 0 Å². The summed E-state index contributed by atoms with van der Waals surface area (Å²) in [5, 5.41) is 1.11. The van der Waals surface area contributed by atoms with E-state index in [2.05, 4.69) is 6.20 Å². The Kier molecular flexibility index (Phi) is 5.18. The van der Waals surface area contributed by atoms with Crippen LogP contribution in [0.2, 0.25) is 0 Å². The van der Waals surface area contributed by atoms with Gasteiger partial charge in [0.25, 0.3) is 0 Å². The maximum absolute atomic E-state index is 12.5. The maximum atomic E-state index is 12.5. The first-order valence-corrected chi connectivity index (χ1v) is 9.35. The Morgan fingerprint density at radius 1 is 1.22 bits per heavy atom.